The van der Waals surface area contributed by atoms with Gasteiger partial charge < -0.3 is 4.74 Å². The lowest BCUT2D eigenvalue weighted by atomic mass is 10.2. The molecule has 0 aliphatic rings. The largest absolute Gasteiger partial charge is 0.494 e. The molecule has 128 valence electrons. The van der Waals surface area contributed by atoms with Crippen LogP contribution in [0.2, 0.25) is 0 Å². The summed E-state index contributed by atoms with van der Waals surface area (Å²) < 4.78 is 36.4. The molecule has 0 radical (unpaired) electrons. The molecule has 0 atom stereocenters. The molecule has 2 aromatic carbocycles. The number of nitrogens with zero attached hydrogens (tertiary/aromatic N) is 1. The zero-order valence-corrected chi connectivity index (χ0v) is 14.2. The van der Waals surface area contributed by atoms with E-state index in [4.69, 9.17) is 9.29 Å². The van der Waals surface area contributed by atoms with E-state index < -0.39 is 10.1 Å². The van der Waals surface area contributed by atoms with Crippen molar-refractivity contribution in [3.63, 3.8) is 0 Å². The van der Waals surface area contributed by atoms with Crippen molar-refractivity contribution in [2.75, 3.05) is 12.0 Å². The van der Waals surface area contributed by atoms with Crippen molar-refractivity contribution in [2.45, 2.75) is 24.7 Å². The predicted molar refractivity (Wildman–Crippen MR) is 94.3 cm³/mol. The van der Waals surface area contributed by atoms with Gasteiger partial charge in [0.2, 0.25) is 0 Å². The van der Waals surface area contributed by atoms with Gasteiger partial charge in [0, 0.05) is 0 Å². The van der Waals surface area contributed by atoms with Crippen LogP contribution in [0.3, 0.4) is 0 Å². The van der Waals surface area contributed by atoms with Crippen LogP contribution in [0.5, 0.6) is 5.75 Å². The average molecular weight is 348 g/mol. The maximum atomic E-state index is 10.9. The van der Waals surface area contributed by atoms with Crippen LogP contribution in [0.25, 0.3) is 0 Å². The molecule has 2 aromatic rings. The zero-order chi connectivity index (χ0) is 17.4. The van der Waals surface area contributed by atoms with Crippen molar-refractivity contribution in [1.29, 1.82) is 0 Å². The van der Waals surface area contributed by atoms with Crippen molar-refractivity contribution in [3.05, 3.63) is 54.1 Å². The van der Waals surface area contributed by atoms with E-state index in [0.29, 0.717) is 12.3 Å². The molecule has 24 heavy (non-hydrogen) atoms. The van der Waals surface area contributed by atoms with Crippen LogP contribution in [0.15, 0.2) is 58.5 Å². The summed E-state index contributed by atoms with van der Waals surface area (Å²) in [7, 11) is -4.17. The molecular formula is C17H20N2O4S. The molecule has 0 saturated carbocycles. The second-order valence-corrected chi connectivity index (χ2v) is 6.56. The molecule has 2 N–H and O–H groups in total. The van der Waals surface area contributed by atoms with Crippen molar-refractivity contribution >= 4 is 22.0 Å². The Morgan fingerprint density at radius 3 is 2.38 bits per heavy atom. The van der Waals surface area contributed by atoms with Gasteiger partial charge in [-0.3, -0.25) is 9.98 Å². The Morgan fingerprint density at radius 1 is 1.12 bits per heavy atom. The lowest BCUT2D eigenvalue weighted by molar-refractivity contribution is 0.309. The normalized spacial score (nSPS) is 11.6. The van der Waals surface area contributed by atoms with Gasteiger partial charge in [-0.2, -0.15) is 13.5 Å². The minimum absolute atomic E-state index is 0.157. The van der Waals surface area contributed by atoms with Crippen LogP contribution in [-0.4, -0.2) is 25.8 Å². The smallest absolute Gasteiger partial charge is 0.294 e. The SMILES string of the molecule is CCCCOc1ccc(/C=N/Nc2ccc(S(=O)(=O)O)cc2)cc1. The molecule has 0 aliphatic heterocycles. The van der Waals surface area contributed by atoms with Gasteiger partial charge in [0.05, 0.1) is 23.4 Å². The molecule has 0 bridgehead atoms. The number of hydrogen-bond acceptors (Lipinski definition) is 5. The van der Waals surface area contributed by atoms with Gasteiger partial charge in [0.15, 0.2) is 0 Å². The maximum absolute atomic E-state index is 10.9. The van der Waals surface area contributed by atoms with E-state index >= 15 is 0 Å². The van der Waals surface area contributed by atoms with Gasteiger partial charge in [0.1, 0.15) is 5.75 Å². The second-order valence-electron chi connectivity index (χ2n) is 5.14. The zero-order valence-electron chi connectivity index (χ0n) is 13.3. The molecule has 0 spiro atoms. The average Bonchev–Trinajstić information content (AvgIpc) is 2.56. The highest BCUT2D eigenvalue weighted by molar-refractivity contribution is 7.85. The Morgan fingerprint density at radius 2 is 1.79 bits per heavy atom. The third kappa shape index (κ3) is 5.68. The van der Waals surface area contributed by atoms with Crippen molar-refractivity contribution in [1.82, 2.24) is 0 Å². The fourth-order valence-electron chi connectivity index (χ4n) is 1.87. The van der Waals surface area contributed by atoms with Gasteiger partial charge >= 0.3 is 0 Å². The van der Waals surface area contributed by atoms with Crippen molar-refractivity contribution < 1.29 is 17.7 Å². The molecule has 0 aliphatic carbocycles. The molecule has 7 heteroatoms. The molecular weight excluding hydrogens is 328 g/mol. The van der Waals surface area contributed by atoms with E-state index in [1.165, 1.54) is 24.3 Å². The third-order valence-electron chi connectivity index (χ3n) is 3.21. The number of unbranched alkanes of at least 4 members (excludes halogenated alkanes) is 1. The first kappa shape index (κ1) is 18.0. The van der Waals surface area contributed by atoms with Crippen LogP contribution >= 0.6 is 0 Å². The molecule has 0 saturated heterocycles. The van der Waals surface area contributed by atoms with Gasteiger partial charge in [-0.05, 0) is 60.5 Å². The molecule has 0 aromatic heterocycles. The summed E-state index contributed by atoms with van der Waals surface area (Å²) >= 11 is 0. The highest BCUT2D eigenvalue weighted by atomic mass is 32.2. The fraction of sp³-hybridized carbons (Fsp3) is 0.235. The summed E-state index contributed by atoms with van der Waals surface area (Å²) in [6, 6.07) is 13.2. The van der Waals surface area contributed by atoms with Gasteiger partial charge in [-0.15, -0.1) is 0 Å². The quantitative estimate of drug-likeness (QED) is 0.330. The summed E-state index contributed by atoms with van der Waals surface area (Å²) in [5, 5.41) is 4.08. The lowest BCUT2D eigenvalue weighted by Gasteiger charge is -2.05. The summed E-state index contributed by atoms with van der Waals surface area (Å²) in [6.45, 7) is 2.83. The second kappa shape index (κ2) is 8.47. The van der Waals surface area contributed by atoms with Crippen LogP contribution in [0.4, 0.5) is 5.69 Å². The molecule has 0 unspecified atom stereocenters. The van der Waals surface area contributed by atoms with Crippen LogP contribution in [-0.2, 0) is 10.1 Å². The van der Waals surface area contributed by atoms with Crippen LogP contribution in [0, 0.1) is 0 Å². The third-order valence-corrected chi connectivity index (χ3v) is 4.07. The fourth-order valence-corrected chi connectivity index (χ4v) is 2.35. The minimum atomic E-state index is -4.17. The Labute approximate surface area is 141 Å². The van der Waals surface area contributed by atoms with E-state index in [-0.39, 0.29) is 4.90 Å². The molecule has 6 nitrogen and oxygen atoms in total. The van der Waals surface area contributed by atoms with Gasteiger partial charge in [-0.1, -0.05) is 13.3 Å². The highest BCUT2D eigenvalue weighted by Gasteiger charge is 2.07. The predicted octanol–water partition coefficient (Wildman–Crippen LogP) is 3.56. The van der Waals surface area contributed by atoms with Gasteiger partial charge in [0.25, 0.3) is 10.1 Å². The molecule has 0 heterocycles. The number of ether oxygens (including phenoxy) is 1. The summed E-state index contributed by atoms with van der Waals surface area (Å²) in [5.74, 6) is 0.828. The highest BCUT2D eigenvalue weighted by Crippen LogP contribution is 2.14. The van der Waals surface area contributed by atoms with Crippen LogP contribution < -0.4 is 10.2 Å². The van der Waals surface area contributed by atoms with E-state index in [1.807, 2.05) is 24.3 Å². The van der Waals surface area contributed by atoms with E-state index in [9.17, 15) is 8.42 Å². The van der Waals surface area contributed by atoms with E-state index in [1.54, 1.807) is 6.21 Å². The number of nitrogens with one attached hydrogen (secondary N) is 1. The summed E-state index contributed by atoms with van der Waals surface area (Å²) in [4.78, 5) is -0.157. The maximum Gasteiger partial charge on any atom is 0.294 e. The van der Waals surface area contributed by atoms with E-state index in [2.05, 4.69) is 17.5 Å². The topological polar surface area (TPSA) is 88.0 Å². The number of benzene rings is 2. The summed E-state index contributed by atoms with van der Waals surface area (Å²) in [5.41, 5.74) is 4.30. The molecule has 2 rings (SSSR count). The molecule has 0 fully saturated rings. The van der Waals surface area contributed by atoms with E-state index in [0.717, 1.165) is 24.2 Å². The number of anilines is 1. The first-order valence-corrected chi connectivity index (χ1v) is 9.02. The Balaban J connectivity index is 1.89. The lowest BCUT2D eigenvalue weighted by Crippen LogP contribution is -1.98. The standard InChI is InChI=1S/C17H20N2O4S/c1-2-3-12-23-16-8-4-14(5-9-16)13-18-19-15-6-10-17(11-7-15)24(20,21)22/h4-11,13,19H,2-3,12H2,1H3,(H,20,21,22)/b18-13+. The Bertz CT molecular complexity index is 769. The number of rotatable bonds is 8. The first-order valence-electron chi connectivity index (χ1n) is 7.58. The summed E-state index contributed by atoms with van der Waals surface area (Å²) in [6.07, 6.45) is 3.78. The Hall–Kier alpha value is -2.38. The monoisotopic (exact) mass is 348 g/mol. The van der Waals surface area contributed by atoms with Crippen LogP contribution in [0.1, 0.15) is 25.3 Å². The van der Waals surface area contributed by atoms with Crippen molar-refractivity contribution in [2.24, 2.45) is 5.10 Å². The van der Waals surface area contributed by atoms with Crippen molar-refractivity contribution in [3.8, 4) is 5.75 Å². The first-order chi connectivity index (χ1) is 11.5. The Kier molecular flexibility index (Phi) is 6.34. The van der Waals surface area contributed by atoms with Gasteiger partial charge in [-0.25, -0.2) is 0 Å². The minimum Gasteiger partial charge on any atom is -0.494 e. The number of hydrogen-bond donors (Lipinski definition) is 2. The molecule has 0 amide bonds. The number of hydrazone groups is 1.